The maximum Gasteiger partial charge on any atom is 0.101 e. The third kappa shape index (κ3) is 3.84. The lowest BCUT2D eigenvalue weighted by Crippen LogP contribution is -2.41. The van der Waals surface area contributed by atoms with Gasteiger partial charge in [-0.05, 0) is 25.2 Å². The minimum absolute atomic E-state index is 0.000427. The molecule has 0 saturated heterocycles. The first kappa shape index (κ1) is 12.5. The van der Waals surface area contributed by atoms with Gasteiger partial charge in [0.1, 0.15) is 5.84 Å². The lowest BCUT2D eigenvalue weighted by Gasteiger charge is -2.33. The molecule has 0 heterocycles. The molecule has 0 bridgehead atoms. The zero-order valence-corrected chi connectivity index (χ0v) is 10.9. The van der Waals surface area contributed by atoms with Crippen LogP contribution in [0.15, 0.2) is 0 Å². The number of amidine groups is 1. The number of nitrogens with zero attached hydrogens (tertiary/aromatic N) is 1. The molecule has 0 atom stereocenters. The van der Waals surface area contributed by atoms with Gasteiger partial charge in [0.2, 0.25) is 0 Å². The summed E-state index contributed by atoms with van der Waals surface area (Å²) in [6, 6.07) is 0.676. The fourth-order valence-corrected chi connectivity index (χ4v) is 1.69. The second-order valence-electron chi connectivity index (χ2n) is 6.21. The molecule has 2 nitrogen and oxygen atoms in total. The predicted molar refractivity (Wildman–Crippen MR) is 66.4 cm³/mol. The van der Waals surface area contributed by atoms with Crippen LogP contribution in [0.5, 0.6) is 0 Å². The van der Waals surface area contributed by atoms with E-state index in [1.165, 1.54) is 19.3 Å². The molecule has 0 unspecified atom stereocenters. The maximum atomic E-state index is 8.24. The van der Waals surface area contributed by atoms with Crippen LogP contribution in [-0.2, 0) is 0 Å². The van der Waals surface area contributed by atoms with Crippen molar-refractivity contribution in [3.05, 3.63) is 0 Å². The molecule has 1 saturated carbocycles. The molecular formula is C13H26N2. The van der Waals surface area contributed by atoms with Crippen LogP contribution in [0.25, 0.3) is 0 Å². The average molecular weight is 210 g/mol. The Morgan fingerprint density at radius 3 is 2.20 bits per heavy atom. The summed E-state index contributed by atoms with van der Waals surface area (Å²) >= 11 is 0. The Kier molecular flexibility index (Phi) is 3.80. The van der Waals surface area contributed by atoms with Crippen molar-refractivity contribution in [3.63, 3.8) is 0 Å². The quantitative estimate of drug-likeness (QED) is 0.558. The standard InChI is InChI=1S/C13H26N2/c1-10(2)8-9-15(11-6-7-11)12(14)13(3,4)5/h10-11,14H,6-9H2,1-5H3. The zero-order valence-electron chi connectivity index (χ0n) is 10.9. The van der Waals surface area contributed by atoms with E-state index in [1.54, 1.807) is 0 Å². The van der Waals surface area contributed by atoms with Gasteiger partial charge in [0, 0.05) is 18.0 Å². The van der Waals surface area contributed by atoms with Gasteiger partial charge in [-0.2, -0.15) is 0 Å². The highest BCUT2D eigenvalue weighted by molar-refractivity contribution is 5.84. The Bertz CT molecular complexity index is 221. The molecule has 88 valence electrons. The van der Waals surface area contributed by atoms with E-state index in [9.17, 15) is 0 Å². The first-order chi connectivity index (χ1) is 6.82. The van der Waals surface area contributed by atoms with Crippen LogP contribution in [0, 0.1) is 16.7 Å². The molecule has 1 fully saturated rings. The van der Waals surface area contributed by atoms with Crippen molar-refractivity contribution in [3.8, 4) is 0 Å². The molecule has 1 N–H and O–H groups in total. The summed E-state index contributed by atoms with van der Waals surface area (Å²) in [5, 5.41) is 8.24. The van der Waals surface area contributed by atoms with Crippen molar-refractivity contribution in [2.24, 2.45) is 11.3 Å². The van der Waals surface area contributed by atoms with E-state index in [4.69, 9.17) is 5.41 Å². The average Bonchev–Trinajstić information content (AvgIpc) is 2.85. The molecule has 1 rings (SSSR count). The number of hydrogen-bond donors (Lipinski definition) is 1. The summed E-state index contributed by atoms with van der Waals surface area (Å²) in [6.07, 6.45) is 3.78. The van der Waals surface area contributed by atoms with E-state index < -0.39 is 0 Å². The first-order valence-corrected chi connectivity index (χ1v) is 6.18. The fraction of sp³-hybridized carbons (Fsp3) is 0.923. The van der Waals surface area contributed by atoms with E-state index >= 15 is 0 Å². The van der Waals surface area contributed by atoms with E-state index in [1.807, 2.05) is 0 Å². The summed E-state index contributed by atoms with van der Waals surface area (Å²) in [6.45, 7) is 12.0. The van der Waals surface area contributed by atoms with E-state index in [0.29, 0.717) is 6.04 Å². The summed E-state index contributed by atoms with van der Waals surface area (Å²) in [5.41, 5.74) is -0.000427. The van der Waals surface area contributed by atoms with E-state index in [0.717, 1.165) is 18.3 Å². The first-order valence-electron chi connectivity index (χ1n) is 6.18. The molecule has 2 heteroatoms. The summed E-state index contributed by atoms with van der Waals surface area (Å²) < 4.78 is 0. The largest absolute Gasteiger partial charge is 0.357 e. The van der Waals surface area contributed by atoms with Crippen molar-refractivity contribution in [1.29, 1.82) is 5.41 Å². The topological polar surface area (TPSA) is 27.1 Å². The van der Waals surface area contributed by atoms with Crippen LogP contribution in [0.4, 0.5) is 0 Å². The maximum absolute atomic E-state index is 8.24. The summed E-state index contributed by atoms with van der Waals surface area (Å²) in [4.78, 5) is 2.33. The third-order valence-corrected chi connectivity index (χ3v) is 2.93. The van der Waals surface area contributed by atoms with E-state index in [2.05, 4.69) is 39.5 Å². The highest BCUT2D eigenvalue weighted by Crippen LogP contribution is 2.31. The van der Waals surface area contributed by atoms with Crippen LogP contribution in [0.1, 0.15) is 53.9 Å². The van der Waals surface area contributed by atoms with Crippen molar-refractivity contribution >= 4 is 5.84 Å². The lowest BCUT2D eigenvalue weighted by atomic mass is 9.93. The van der Waals surface area contributed by atoms with Crippen LogP contribution in [0.2, 0.25) is 0 Å². The monoisotopic (exact) mass is 210 g/mol. The van der Waals surface area contributed by atoms with Crippen molar-refractivity contribution < 1.29 is 0 Å². The van der Waals surface area contributed by atoms with Gasteiger partial charge in [-0.15, -0.1) is 0 Å². The Hall–Kier alpha value is -0.530. The molecule has 0 aromatic carbocycles. The predicted octanol–water partition coefficient (Wildman–Crippen LogP) is 3.52. The van der Waals surface area contributed by atoms with Gasteiger partial charge in [0.15, 0.2) is 0 Å². The van der Waals surface area contributed by atoms with Gasteiger partial charge >= 0.3 is 0 Å². The molecule has 0 aliphatic heterocycles. The lowest BCUT2D eigenvalue weighted by molar-refractivity contribution is 0.333. The van der Waals surface area contributed by atoms with E-state index in [-0.39, 0.29) is 5.41 Å². The Labute approximate surface area is 94.6 Å². The van der Waals surface area contributed by atoms with Crippen molar-refractivity contribution in [2.75, 3.05) is 6.54 Å². The second kappa shape index (κ2) is 4.54. The minimum atomic E-state index is -0.000427. The van der Waals surface area contributed by atoms with Gasteiger partial charge in [0.05, 0.1) is 0 Å². The van der Waals surface area contributed by atoms with Gasteiger partial charge < -0.3 is 4.90 Å². The molecule has 0 spiro atoms. The molecule has 0 aromatic heterocycles. The molecule has 15 heavy (non-hydrogen) atoms. The van der Waals surface area contributed by atoms with Gasteiger partial charge in [-0.1, -0.05) is 34.6 Å². The van der Waals surface area contributed by atoms with Crippen LogP contribution in [0.3, 0.4) is 0 Å². The SMILES string of the molecule is CC(C)CCN(C(=N)C(C)(C)C)C1CC1. The van der Waals surface area contributed by atoms with Crippen molar-refractivity contribution in [1.82, 2.24) is 4.90 Å². The fourth-order valence-electron chi connectivity index (χ4n) is 1.69. The Morgan fingerprint density at radius 1 is 1.33 bits per heavy atom. The third-order valence-electron chi connectivity index (χ3n) is 2.93. The minimum Gasteiger partial charge on any atom is -0.357 e. The van der Waals surface area contributed by atoms with Gasteiger partial charge in [0.25, 0.3) is 0 Å². The smallest absolute Gasteiger partial charge is 0.101 e. The number of rotatable bonds is 4. The van der Waals surface area contributed by atoms with Crippen LogP contribution in [-0.4, -0.2) is 23.3 Å². The summed E-state index contributed by atoms with van der Waals surface area (Å²) in [7, 11) is 0. The van der Waals surface area contributed by atoms with Crippen molar-refractivity contribution in [2.45, 2.75) is 59.9 Å². The highest BCUT2D eigenvalue weighted by Gasteiger charge is 2.34. The molecular weight excluding hydrogens is 184 g/mol. The van der Waals surface area contributed by atoms with Gasteiger partial charge in [-0.25, -0.2) is 0 Å². The van der Waals surface area contributed by atoms with Crippen LogP contribution < -0.4 is 0 Å². The normalized spacial score (nSPS) is 16.9. The molecule has 1 aliphatic carbocycles. The Morgan fingerprint density at radius 2 is 1.87 bits per heavy atom. The molecule has 1 aliphatic rings. The van der Waals surface area contributed by atoms with Crippen LogP contribution >= 0.6 is 0 Å². The summed E-state index contributed by atoms with van der Waals surface area (Å²) in [5.74, 6) is 1.56. The number of hydrogen-bond acceptors (Lipinski definition) is 1. The highest BCUT2D eigenvalue weighted by atomic mass is 15.2. The van der Waals surface area contributed by atoms with Gasteiger partial charge in [-0.3, -0.25) is 5.41 Å². The molecule has 0 aromatic rings. The number of nitrogens with one attached hydrogen (secondary N) is 1. The second-order valence-corrected chi connectivity index (χ2v) is 6.21. The zero-order chi connectivity index (χ0) is 11.6. The Balaban J connectivity index is 2.54. The molecule has 0 radical (unpaired) electrons. The molecule has 0 amide bonds.